The monoisotopic (exact) mass is 182 g/mol. The zero-order chi connectivity index (χ0) is 8.81. The molecule has 12 heavy (non-hydrogen) atoms. The van der Waals surface area contributed by atoms with E-state index in [1.54, 1.807) is 0 Å². The zero-order valence-electron chi connectivity index (χ0n) is 7.58. The van der Waals surface area contributed by atoms with Crippen molar-refractivity contribution in [2.75, 3.05) is 11.5 Å². The number of hydrogen-bond donors (Lipinski definition) is 0. The summed E-state index contributed by atoms with van der Waals surface area (Å²) < 4.78 is 0. The first-order chi connectivity index (χ1) is 5.83. The van der Waals surface area contributed by atoms with Crippen molar-refractivity contribution in [1.82, 2.24) is 9.97 Å². The molecule has 3 heteroatoms. The molecule has 0 aromatic carbocycles. The van der Waals surface area contributed by atoms with E-state index in [0.717, 1.165) is 23.7 Å². The first-order valence-corrected chi connectivity index (χ1v) is 5.34. The topological polar surface area (TPSA) is 25.8 Å². The van der Waals surface area contributed by atoms with Crippen LogP contribution in [0.5, 0.6) is 0 Å². The quantitative estimate of drug-likeness (QED) is 0.667. The Morgan fingerprint density at radius 3 is 3.00 bits per heavy atom. The van der Waals surface area contributed by atoms with E-state index in [1.165, 1.54) is 5.75 Å². The van der Waals surface area contributed by atoms with Crippen LogP contribution in [-0.2, 0) is 6.42 Å². The number of rotatable bonds is 4. The van der Waals surface area contributed by atoms with Crippen molar-refractivity contribution in [3.05, 3.63) is 23.8 Å². The number of aromatic nitrogens is 2. The van der Waals surface area contributed by atoms with E-state index in [2.05, 4.69) is 16.9 Å². The minimum Gasteiger partial charge on any atom is -0.241 e. The third kappa shape index (κ3) is 3.22. The van der Waals surface area contributed by atoms with Crippen molar-refractivity contribution >= 4 is 11.8 Å². The van der Waals surface area contributed by atoms with E-state index in [0.29, 0.717) is 0 Å². The molecule has 0 saturated carbocycles. The van der Waals surface area contributed by atoms with Crippen LogP contribution in [-0.4, -0.2) is 21.5 Å². The molecule has 0 fully saturated rings. The molecule has 1 rings (SSSR count). The Morgan fingerprint density at radius 2 is 2.33 bits per heavy atom. The lowest BCUT2D eigenvalue weighted by atomic mass is 10.4. The third-order valence-corrected chi connectivity index (χ3v) is 2.42. The summed E-state index contributed by atoms with van der Waals surface area (Å²) in [5.74, 6) is 3.27. The third-order valence-electron chi connectivity index (χ3n) is 1.52. The summed E-state index contributed by atoms with van der Waals surface area (Å²) in [4.78, 5) is 8.51. The fourth-order valence-corrected chi connectivity index (χ4v) is 1.54. The van der Waals surface area contributed by atoms with Crippen LogP contribution in [0.1, 0.15) is 18.4 Å². The maximum atomic E-state index is 4.32. The van der Waals surface area contributed by atoms with Crippen molar-refractivity contribution in [3.8, 4) is 0 Å². The standard InChI is InChI=1S/C9H14N2S/c1-3-12-7-5-9-10-6-4-8(2)11-9/h4,6H,3,5,7H2,1-2H3. The molecule has 1 heterocycles. The van der Waals surface area contributed by atoms with E-state index in [9.17, 15) is 0 Å². The summed E-state index contributed by atoms with van der Waals surface area (Å²) in [7, 11) is 0. The molecule has 0 aliphatic rings. The molecule has 0 aliphatic heterocycles. The van der Waals surface area contributed by atoms with E-state index < -0.39 is 0 Å². The molecule has 66 valence electrons. The summed E-state index contributed by atoms with van der Waals surface area (Å²) in [6, 6.07) is 1.93. The highest BCUT2D eigenvalue weighted by atomic mass is 32.2. The highest BCUT2D eigenvalue weighted by Gasteiger charge is 1.95. The van der Waals surface area contributed by atoms with Crippen molar-refractivity contribution in [2.24, 2.45) is 0 Å². The van der Waals surface area contributed by atoms with E-state index >= 15 is 0 Å². The van der Waals surface area contributed by atoms with Crippen molar-refractivity contribution < 1.29 is 0 Å². The molecule has 0 atom stereocenters. The second kappa shape index (κ2) is 5.14. The Hall–Kier alpha value is -0.570. The average Bonchev–Trinajstić information content (AvgIpc) is 2.05. The molecular weight excluding hydrogens is 168 g/mol. The lowest BCUT2D eigenvalue weighted by Gasteiger charge is -1.98. The SMILES string of the molecule is CCSCCc1nccc(C)n1. The van der Waals surface area contributed by atoms with Crippen molar-refractivity contribution in [1.29, 1.82) is 0 Å². The number of aryl methyl sites for hydroxylation is 2. The first-order valence-electron chi connectivity index (χ1n) is 4.19. The molecule has 0 unspecified atom stereocenters. The van der Waals surface area contributed by atoms with Gasteiger partial charge in [-0.15, -0.1) is 0 Å². The normalized spacial score (nSPS) is 10.2. The van der Waals surface area contributed by atoms with Crippen molar-refractivity contribution in [3.63, 3.8) is 0 Å². The lowest BCUT2D eigenvalue weighted by molar-refractivity contribution is 0.924. The van der Waals surface area contributed by atoms with Gasteiger partial charge in [-0.2, -0.15) is 11.8 Å². The predicted molar refractivity (Wildman–Crippen MR) is 53.5 cm³/mol. The average molecular weight is 182 g/mol. The first kappa shape index (κ1) is 9.52. The molecule has 0 aliphatic carbocycles. The summed E-state index contributed by atoms with van der Waals surface area (Å²) in [5.41, 5.74) is 1.06. The molecule has 0 amide bonds. The van der Waals surface area contributed by atoms with Crippen molar-refractivity contribution in [2.45, 2.75) is 20.3 Å². The zero-order valence-corrected chi connectivity index (χ0v) is 8.40. The molecule has 0 radical (unpaired) electrons. The predicted octanol–water partition coefficient (Wildman–Crippen LogP) is 2.08. The summed E-state index contributed by atoms with van der Waals surface area (Å²) in [6.07, 6.45) is 2.81. The van der Waals surface area contributed by atoms with Crippen LogP contribution in [0.25, 0.3) is 0 Å². The highest BCUT2D eigenvalue weighted by Crippen LogP contribution is 2.02. The molecule has 0 bridgehead atoms. The van der Waals surface area contributed by atoms with Crippen LogP contribution < -0.4 is 0 Å². The van der Waals surface area contributed by atoms with Gasteiger partial charge in [-0.1, -0.05) is 6.92 Å². The van der Waals surface area contributed by atoms with Crippen LogP contribution in [0.4, 0.5) is 0 Å². The second-order valence-electron chi connectivity index (χ2n) is 2.56. The second-order valence-corrected chi connectivity index (χ2v) is 3.96. The minimum atomic E-state index is 0.968. The summed E-state index contributed by atoms with van der Waals surface area (Å²) in [6.45, 7) is 4.17. The molecule has 0 saturated heterocycles. The van der Waals surface area contributed by atoms with Gasteiger partial charge in [-0.3, -0.25) is 0 Å². The van der Waals surface area contributed by atoms with Gasteiger partial charge in [0.1, 0.15) is 5.82 Å². The number of hydrogen-bond acceptors (Lipinski definition) is 3. The molecule has 1 aromatic rings. The molecule has 2 nitrogen and oxygen atoms in total. The fourth-order valence-electron chi connectivity index (χ4n) is 0.929. The Bertz CT molecular complexity index is 238. The van der Waals surface area contributed by atoms with Crippen LogP contribution in [0.2, 0.25) is 0 Å². The van der Waals surface area contributed by atoms with Gasteiger partial charge >= 0.3 is 0 Å². The molecule has 0 N–H and O–H groups in total. The molecule has 1 aromatic heterocycles. The minimum absolute atomic E-state index is 0.968. The van der Waals surface area contributed by atoms with Crippen LogP contribution in [0, 0.1) is 6.92 Å². The van der Waals surface area contributed by atoms with Crippen LogP contribution >= 0.6 is 11.8 Å². The fraction of sp³-hybridized carbons (Fsp3) is 0.556. The van der Waals surface area contributed by atoms with Gasteiger partial charge in [-0.25, -0.2) is 9.97 Å². The summed E-state index contributed by atoms with van der Waals surface area (Å²) in [5, 5.41) is 0. The van der Waals surface area contributed by atoms with Gasteiger partial charge in [0.25, 0.3) is 0 Å². The Labute approximate surface area is 77.8 Å². The van der Waals surface area contributed by atoms with E-state index in [1.807, 2.05) is 30.9 Å². The van der Waals surface area contributed by atoms with Crippen LogP contribution in [0.15, 0.2) is 12.3 Å². The largest absolute Gasteiger partial charge is 0.241 e. The number of thioether (sulfide) groups is 1. The van der Waals surface area contributed by atoms with E-state index in [4.69, 9.17) is 0 Å². The van der Waals surface area contributed by atoms with Gasteiger partial charge in [0.05, 0.1) is 0 Å². The maximum absolute atomic E-state index is 4.32. The van der Waals surface area contributed by atoms with E-state index in [-0.39, 0.29) is 0 Å². The summed E-state index contributed by atoms with van der Waals surface area (Å²) >= 11 is 1.93. The van der Waals surface area contributed by atoms with Gasteiger partial charge in [-0.05, 0) is 18.7 Å². The van der Waals surface area contributed by atoms with Gasteiger partial charge in [0.15, 0.2) is 0 Å². The Kier molecular flexibility index (Phi) is 4.08. The molecule has 0 spiro atoms. The van der Waals surface area contributed by atoms with Gasteiger partial charge in [0.2, 0.25) is 0 Å². The van der Waals surface area contributed by atoms with Gasteiger partial charge < -0.3 is 0 Å². The molecular formula is C9H14N2S. The number of nitrogens with zero attached hydrogens (tertiary/aromatic N) is 2. The van der Waals surface area contributed by atoms with Crippen LogP contribution in [0.3, 0.4) is 0 Å². The smallest absolute Gasteiger partial charge is 0.129 e. The highest BCUT2D eigenvalue weighted by molar-refractivity contribution is 7.99. The Balaban J connectivity index is 2.41. The lowest BCUT2D eigenvalue weighted by Crippen LogP contribution is -1.97. The Morgan fingerprint density at radius 1 is 1.50 bits per heavy atom. The van der Waals surface area contributed by atoms with Gasteiger partial charge in [0, 0.05) is 24.1 Å². The maximum Gasteiger partial charge on any atom is 0.129 e.